The van der Waals surface area contributed by atoms with Crippen LogP contribution in [0.3, 0.4) is 0 Å². The van der Waals surface area contributed by atoms with Crippen molar-refractivity contribution in [2.24, 2.45) is 11.8 Å². The normalized spacial score (nSPS) is 36.6. The summed E-state index contributed by atoms with van der Waals surface area (Å²) in [6.07, 6.45) is 11.3. The zero-order valence-electron chi connectivity index (χ0n) is 15.3. The fourth-order valence-corrected chi connectivity index (χ4v) is 6.50. The van der Waals surface area contributed by atoms with Crippen molar-refractivity contribution in [2.75, 3.05) is 13.7 Å². The first kappa shape index (κ1) is 15.3. The van der Waals surface area contributed by atoms with Gasteiger partial charge in [0.05, 0.1) is 7.11 Å². The van der Waals surface area contributed by atoms with Gasteiger partial charge in [-0.1, -0.05) is 18.9 Å². The molecule has 1 heterocycles. The predicted molar refractivity (Wildman–Crippen MR) is 97.6 cm³/mol. The van der Waals surface area contributed by atoms with E-state index in [2.05, 4.69) is 30.0 Å². The van der Waals surface area contributed by atoms with Crippen LogP contribution in [0.2, 0.25) is 0 Å². The Balaban J connectivity index is 1.58. The van der Waals surface area contributed by atoms with Crippen LogP contribution in [-0.4, -0.2) is 30.6 Å². The van der Waals surface area contributed by atoms with Crippen LogP contribution < -0.4 is 4.74 Å². The minimum Gasteiger partial charge on any atom is -0.497 e. The Bertz CT molecular complexity index is 637. The number of fused-ring (bicyclic) bond motifs is 1. The third-order valence-electron chi connectivity index (χ3n) is 7.91. The van der Waals surface area contributed by atoms with E-state index in [9.17, 15) is 0 Å². The van der Waals surface area contributed by atoms with Gasteiger partial charge in [0.15, 0.2) is 0 Å². The fourth-order valence-electron chi connectivity index (χ4n) is 6.50. The second-order valence-corrected chi connectivity index (χ2v) is 8.87. The van der Waals surface area contributed by atoms with Gasteiger partial charge in [0, 0.05) is 17.5 Å². The molecule has 0 aromatic heterocycles. The van der Waals surface area contributed by atoms with Crippen molar-refractivity contribution in [1.29, 1.82) is 0 Å². The van der Waals surface area contributed by atoms with E-state index in [1.165, 1.54) is 57.9 Å². The third-order valence-corrected chi connectivity index (χ3v) is 7.91. The average Bonchev–Trinajstić information content (AvgIpc) is 3.46. The van der Waals surface area contributed by atoms with E-state index < -0.39 is 0 Å². The highest BCUT2D eigenvalue weighted by Crippen LogP contribution is 2.57. The summed E-state index contributed by atoms with van der Waals surface area (Å²) in [6, 6.07) is 8.54. The molecule has 1 aromatic rings. The molecule has 4 aliphatic rings. The highest BCUT2D eigenvalue weighted by Gasteiger charge is 2.55. The molecule has 0 amide bonds. The number of benzene rings is 1. The number of likely N-dealkylation sites (tertiary alicyclic amines) is 1. The molecule has 1 aliphatic heterocycles. The average molecular weight is 325 g/mol. The first-order chi connectivity index (χ1) is 11.7. The Morgan fingerprint density at radius 2 is 2.04 bits per heavy atom. The number of methoxy groups -OCH3 is 1. The van der Waals surface area contributed by atoms with E-state index in [1.807, 2.05) is 7.11 Å². The number of hydrogen-bond donors (Lipinski definition) is 0. The first-order valence-electron chi connectivity index (χ1n) is 10.2. The maximum atomic E-state index is 5.58. The van der Waals surface area contributed by atoms with Crippen molar-refractivity contribution >= 4 is 0 Å². The van der Waals surface area contributed by atoms with Gasteiger partial charge in [0.25, 0.3) is 0 Å². The van der Waals surface area contributed by atoms with Gasteiger partial charge in [-0.15, -0.1) is 0 Å². The maximum absolute atomic E-state index is 5.58. The van der Waals surface area contributed by atoms with Gasteiger partial charge in [-0.3, -0.25) is 4.90 Å². The molecule has 0 N–H and O–H groups in total. The molecular weight excluding hydrogens is 294 g/mol. The summed E-state index contributed by atoms with van der Waals surface area (Å²) in [5.74, 6) is 2.92. The van der Waals surface area contributed by atoms with Crippen molar-refractivity contribution in [2.45, 2.75) is 75.8 Å². The standard InChI is InChI=1S/C22H31NO/c1-15(16-6-7-16)23-12-11-22-10-4-3-5-19(22)21(23)13-17-8-9-18(24-2)14-20(17)22/h8-9,14-16,19,21H,3-7,10-13H2,1-2H3/t15?,19?,21-,22-/m1/s1. The lowest BCUT2D eigenvalue weighted by atomic mass is 9.52. The monoisotopic (exact) mass is 325 g/mol. The van der Waals surface area contributed by atoms with Crippen LogP contribution in [0.5, 0.6) is 5.75 Å². The Labute approximate surface area is 146 Å². The number of rotatable bonds is 3. The fraction of sp³-hybridized carbons (Fsp3) is 0.727. The molecule has 2 saturated carbocycles. The van der Waals surface area contributed by atoms with Crippen molar-refractivity contribution in [3.63, 3.8) is 0 Å². The van der Waals surface area contributed by atoms with Crippen LogP contribution >= 0.6 is 0 Å². The van der Waals surface area contributed by atoms with Gasteiger partial charge in [0.2, 0.25) is 0 Å². The zero-order chi connectivity index (χ0) is 16.3. The van der Waals surface area contributed by atoms with Crippen molar-refractivity contribution in [1.82, 2.24) is 4.90 Å². The molecule has 130 valence electrons. The maximum Gasteiger partial charge on any atom is 0.119 e. The minimum atomic E-state index is 0.449. The molecule has 4 atom stereocenters. The number of ether oxygens (including phenoxy) is 1. The van der Waals surface area contributed by atoms with Crippen molar-refractivity contribution < 1.29 is 4.74 Å². The second-order valence-electron chi connectivity index (χ2n) is 8.87. The molecular formula is C22H31NO. The summed E-state index contributed by atoms with van der Waals surface area (Å²) < 4.78 is 5.58. The van der Waals surface area contributed by atoms with E-state index in [1.54, 1.807) is 11.1 Å². The zero-order valence-corrected chi connectivity index (χ0v) is 15.3. The molecule has 1 saturated heterocycles. The molecule has 3 fully saturated rings. The number of nitrogens with zero attached hydrogens (tertiary/aromatic N) is 1. The Kier molecular flexibility index (Phi) is 3.49. The largest absolute Gasteiger partial charge is 0.497 e. The van der Waals surface area contributed by atoms with Crippen molar-refractivity contribution in [3.8, 4) is 5.75 Å². The first-order valence-corrected chi connectivity index (χ1v) is 10.2. The Morgan fingerprint density at radius 1 is 1.17 bits per heavy atom. The highest BCUT2D eigenvalue weighted by molar-refractivity contribution is 5.45. The molecule has 2 unspecified atom stereocenters. The van der Waals surface area contributed by atoms with Crippen LogP contribution in [-0.2, 0) is 11.8 Å². The molecule has 2 nitrogen and oxygen atoms in total. The van der Waals surface area contributed by atoms with Crippen LogP contribution in [0, 0.1) is 11.8 Å². The van der Waals surface area contributed by atoms with Crippen molar-refractivity contribution in [3.05, 3.63) is 29.3 Å². The van der Waals surface area contributed by atoms with Crippen LogP contribution in [0.4, 0.5) is 0 Å². The van der Waals surface area contributed by atoms with Gasteiger partial charge < -0.3 is 4.74 Å². The predicted octanol–water partition coefficient (Wildman–Crippen LogP) is 4.55. The molecule has 24 heavy (non-hydrogen) atoms. The summed E-state index contributed by atoms with van der Waals surface area (Å²) in [5, 5.41) is 0. The molecule has 1 aromatic carbocycles. The van der Waals surface area contributed by atoms with Gasteiger partial charge in [0.1, 0.15) is 5.75 Å². The summed E-state index contributed by atoms with van der Waals surface area (Å²) in [7, 11) is 1.81. The lowest BCUT2D eigenvalue weighted by Gasteiger charge is -2.60. The second kappa shape index (κ2) is 5.49. The SMILES string of the molecule is COc1ccc2c(c1)[C@@]13CCCCC1[C@@H](C2)N(C(C)C1CC1)CC3. The molecule has 0 spiro atoms. The topological polar surface area (TPSA) is 12.5 Å². The molecule has 2 heteroatoms. The third kappa shape index (κ3) is 2.11. The quantitative estimate of drug-likeness (QED) is 0.808. The highest BCUT2D eigenvalue weighted by atomic mass is 16.5. The van der Waals surface area contributed by atoms with Gasteiger partial charge in [-0.25, -0.2) is 0 Å². The number of piperidine rings is 1. The lowest BCUT2D eigenvalue weighted by molar-refractivity contribution is -0.0343. The molecule has 2 bridgehead atoms. The van der Waals surface area contributed by atoms with E-state index in [0.29, 0.717) is 5.41 Å². The van der Waals surface area contributed by atoms with Gasteiger partial charge >= 0.3 is 0 Å². The van der Waals surface area contributed by atoms with E-state index in [-0.39, 0.29) is 0 Å². The lowest BCUT2D eigenvalue weighted by Crippen LogP contribution is -2.62. The van der Waals surface area contributed by atoms with Crippen LogP contribution in [0.15, 0.2) is 18.2 Å². The van der Waals surface area contributed by atoms with E-state index in [4.69, 9.17) is 4.74 Å². The van der Waals surface area contributed by atoms with E-state index >= 15 is 0 Å². The smallest absolute Gasteiger partial charge is 0.119 e. The molecule has 5 rings (SSSR count). The molecule has 0 radical (unpaired) electrons. The summed E-state index contributed by atoms with van der Waals surface area (Å²) in [6.45, 7) is 3.83. The summed E-state index contributed by atoms with van der Waals surface area (Å²) >= 11 is 0. The Morgan fingerprint density at radius 3 is 2.83 bits per heavy atom. The van der Waals surface area contributed by atoms with Gasteiger partial charge in [-0.2, -0.15) is 0 Å². The van der Waals surface area contributed by atoms with Crippen LogP contribution in [0.25, 0.3) is 0 Å². The minimum absolute atomic E-state index is 0.449. The van der Waals surface area contributed by atoms with E-state index in [0.717, 1.165) is 29.7 Å². The number of hydrogen-bond acceptors (Lipinski definition) is 2. The summed E-state index contributed by atoms with van der Waals surface area (Å²) in [4.78, 5) is 2.93. The van der Waals surface area contributed by atoms with Crippen LogP contribution in [0.1, 0.15) is 63.0 Å². The molecule has 3 aliphatic carbocycles. The summed E-state index contributed by atoms with van der Waals surface area (Å²) in [5.41, 5.74) is 3.72. The Hall–Kier alpha value is -1.02. The van der Waals surface area contributed by atoms with Gasteiger partial charge in [-0.05, 0) is 87.1 Å².